The Kier molecular flexibility index (Phi) is 4.24. The number of rotatable bonds is 4. The van der Waals surface area contributed by atoms with Crippen LogP contribution < -0.4 is 0 Å². The minimum Gasteiger partial charge on any atom is -0.299 e. The Labute approximate surface area is 102 Å². The van der Waals surface area contributed by atoms with Crippen molar-refractivity contribution in [3.8, 4) is 0 Å². The lowest BCUT2D eigenvalue weighted by atomic mass is 9.99. The molecule has 1 fully saturated rings. The monoisotopic (exact) mass is 241 g/mol. The number of aromatic nitrogens is 2. The molecule has 4 heteroatoms. The lowest BCUT2D eigenvalue weighted by Crippen LogP contribution is -2.33. The maximum atomic E-state index is 5.88. The van der Waals surface area contributed by atoms with Crippen LogP contribution in [-0.4, -0.2) is 33.6 Å². The van der Waals surface area contributed by atoms with Crippen molar-refractivity contribution in [3.63, 3.8) is 0 Å². The Hall–Kier alpha value is -0.540. The molecule has 0 N–H and O–H groups in total. The Bertz CT molecular complexity index is 316. The summed E-state index contributed by atoms with van der Waals surface area (Å²) in [6.07, 6.45) is 6.61. The highest BCUT2D eigenvalue weighted by molar-refractivity contribution is 6.18. The molecule has 1 aromatic heterocycles. The Morgan fingerprint density at radius 2 is 2.19 bits per heavy atom. The molecule has 0 amide bonds. The largest absolute Gasteiger partial charge is 0.299 e. The molecule has 1 aliphatic heterocycles. The van der Waals surface area contributed by atoms with Crippen LogP contribution in [0.15, 0.2) is 12.4 Å². The van der Waals surface area contributed by atoms with Gasteiger partial charge in [-0.25, -0.2) is 0 Å². The molecule has 0 aromatic carbocycles. The van der Waals surface area contributed by atoms with E-state index in [0.29, 0.717) is 0 Å². The fourth-order valence-corrected chi connectivity index (χ4v) is 2.53. The number of alkyl halides is 1. The minimum atomic E-state index is 0.733. The van der Waals surface area contributed by atoms with Crippen LogP contribution in [0, 0.1) is 5.92 Å². The molecule has 0 spiro atoms. The van der Waals surface area contributed by atoms with Crippen molar-refractivity contribution < 1.29 is 0 Å². The second kappa shape index (κ2) is 5.69. The van der Waals surface area contributed by atoms with Gasteiger partial charge in [0, 0.05) is 30.7 Å². The van der Waals surface area contributed by atoms with Gasteiger partial charge in [-0.15, -0.1) is 11.6 Å². The summed E-state index contributed by atoms with van der Waals surface area (Å²) < 4.78 is 1.99. The summed E-state index contributed by atoms with van der Waals surface area (Å²) in [5, 5.41) is 4.30. The van der Waals surface area contributed by atoms with E-state index in [1.54, 1.807) is 0 Å². The molecule has 0 unspecified atom stereocenters. The normalized spacial score (nSPS) is 19.1. The van der Waals surface area contributed by atoms with Gasteiger partial charge in [0.25, 0.3) is 0 Å². The third-order valence-electron chi connectivity index (χ3n) is 3.34. The topological polar surface area (TPSA) is 21.1 Å². The third-order valence-corrected chi connectivity index (χ3v) is 3.78. The van der Waals surface area contributed by atoms with Crippen LogP contribution in [-0.2, 0) is 13.1 Å². The highest BCUT2D eigenvalue weighted by Crippen LogP contribution is 2.19. The van der Waals surface area contributed by atoms with Crippen LogP contribution in [0.1, 0.15) is 25.3 Å². The van der Waals surface area contributed by atoms with Gasteiger partial charge in [0.1, 0.15) is 0 Å². The predicted octanol–water partition coefficient (Wildman–Crippen LogP) is 2.35. The van der Waals surface area contributed by atoms with Crippen LogP contribution in [0.3, 0.4) is 0 Å². The van der Waals surface area contributed by atoms with Crippen LogP contribution in [0.4, 0.5) is 0 Å². The standard InChI is InChI=1S/C12H20ClN3/c1-2-16-10-12(8-14-16)9-15-5-3-11(7-13)4-6-15/h8,10-11H,2-7,9H2,1H3. The molecular formula is C12H20ClN3. The molecule has 0 atom stereocenters. The summed E-state index contributed by atoms with van der Waals surface area (Å²) in [6.45, 7) is 6.45. The first-order chi connectivity index (χ1) is 7.81. The third kappa shape index (κ3) is 2.98. The lowest BCUT2D eigenvalue weighted by Gasteiger charge is -2.30. The average molecular weight is 242 g/mol. The van der Waals surface area contributed by atoms with Gasteiger partial charge >= 0.3 is 0 Å². The zero-order chi connectivity index (χ0) is 11.4. The highest BCUT2D eigenvalue weighted by atomic mass is 35.5. The smallest absolute Gasteiger partial charge is 0.0534 e. The zero-order valence-electron chi connectivity index (χ0n) is 9.90. The Morgan fingerprint density at radius 1 is 1.44 bits per heavy atom. The molecule has 3 nitrogen and oxygen atoms in total. The van der Waals surface area contributed by atoms with Crippen molar-refractivity contribution in [2.75, 3.05) is 19.0 Å². The van der Waals surface area contributed by atoms with Crippen molar-refractivity contribution in [2.45, 2.75) is 32.9 Å². The summed E-state index contributed by atoms with van der Waals surface area (Å²) in [7, 11) is 0. The number of aryl methyl sites for hydroxylation is 1. The summed E-state index contributed by atoms with van der Waals surface area (Å²) in [4.78, 5) is 2.50. The summed E-state index contributed by atoms with van der Waals surface area (Å²) in [6, 6.07) is 0. The molecule has 2 rings (SSSR count). The van der Waals surface area contributed by atoms with Gasteiger partial charge in [-0.2, -0.15) is 5.10 Å². The van der Waals surface area contributed by atoms with Crippen LogP contribution >= 0.6 is 11.6 Å². The van der Waals surface area contributed by atoms with Crippen LogP contribution in [0.5, 0.6) is 0 Å². The Morgan fingerprint density at radius 3 is 2.75 bits per heavy atom. The van der Waals surface area contributed by atoms with Gasteiger partial charge < -0.3 is 0 Å². The van der Waals surface area contributed by atoms with E-state index in [2.05, 4.69) is 23.1 Å². The molecule has 1 saturated heterocycles. The van der Waals surface area contributed by atoms with Gasteiger partial charge in [-0.3, -0.25) is 9.58 Å². The quantitative estimate of drug-likeness (QED) is 0.755. The highest BCUT2D eigenvalue weighted by Gasteiger charge is 2.18. The minimum absolute atomic E-state index is 0.733. The van der Waals surface area contributed by atoms with E-state index >= 15 is 0 Å². The first-order valence-electron chi connectivity index (χ1n) is 6.11. The van der Waals surface area contributed by atoms with E-state index in [1.807, 2.05) is 10.9 Å². The SMILES string of the molecule is CCn1cc(CN2CCC(CCl)CC2)cn1. The van der Waals surface area contributed by atoms with E-state index in [4.69, 9.17) is 11.6 Å². The number of nitrogens with zero attached hydrogens (tertiary/aromatic N) is 3. The average Bonchev–Trinajstić information content (AvgIpc) is 2.78. The van der Waals surface area contributed by atoms with E-state index in [9.17, 15) is 0 Å². The summed E-state index contributed by atoms with van der Waals surface area (Å²) in [5.74, 6) is 1.55. The maximum Gasteiger partial charge on any atom is 0.0534 e. The number of halogens is 1. The Balaban J connectivity index is 1.82. The molecule has 16 heavy (non-hydrogen) atoms. The van der Waals surface area contributed by atoms with E-state index < -0.39 is 0 Å². The molecule has 0 aliphatic carbocycles. The summed E-state index contributed by atoms with van der Waals surface area (Å²) >= 11 is 5.88. The molecule has 1 aromatic rings. The van der Waals surface area contributed by atoms with Crippen molar-refractivity contribution in [1.82, 2.24) is 14.7 Å². The van der Waals surface area contributed by atoms with Crippen molar-refractivity contribution in [2.24, 2.45) is 5.92 Å². The van der Waals surface area contributed by atoms with Gasteiger partial charge in [0.05, 0.1) is 6.20 Å². The molecule has 2 heterocycles. The van der Waals surface area contributed by atoms with E-state index in [0.717, 1.165) is 24.9 Å². The van der Waals surface area contributed by atoms with Crippen molar-refractivity contribution >= 4 is 11.6 Å². The number of likely N-dealkylation sites (tertiary alicyclic amines) is 1. The number of piperidine rings is 1. The van der Waals surface area contributed by atoms with E-state index in [1.165, 1.54) is 31.5 Å². The lowest BCUT2D eigenvalue weighted by molar-refractivity contribution is 0.186. The molecule has 1 aliphatic rings. The molecule has 0 radical (unpaired) electrons. The first-order valence-corrected chi connectivity index (χ1v) is 6.65. The zero-order valence-corrected chi connectivity index (χ0v) is 10.7. The van der Waals surface area contributed by atoms with Crippen LogP contribution in [0.2, 0.25) is 0 Å². The number of hydrogen-bond acceptors (Lipinski definition) is 2. The van der Waals surface area contributed by atoms with Gasteiger partial charge in [-0.05, 0) is 38.8 Å². The molecule has 0 bridgehead atoms. The van der Waals surface area contributed by atoms with E-state index in [-0.39, 0.29) is 0 Å². The van der Waals surface area contributed by atoms with Crippen molar-refractivity contribution in [3.05, 3.63) is 18.0 Å². The second-order valence-electron chi connectivity index (χ2n) is 4.58. The first kappa shape index (κ1) is 11.9. The fraction of sp³-hybridized carbons (Fsp3) is 0.750. The maximum absolute atomic E-state index is 5.88. The summed E-state index contributed by atoms with van der Waals surface area (Å²) in [5.41, 5.74) is 1.33. The second-order valence-corrected chi connectivity index (χ2v) is 4.89. The fourth-order valence-electron chi connectivity index (χ4n) is 2.22. The number of hydrogen-bond donors (Lipinski definition) is 0. The van der Waals surface area contributed by atoms with Crippen LogP contribution in [0.25, 0.3) is 0 Å². The van der Waals surface area contributed by atoms with Crippen molar-refractivity contribution in [1.29, 1.82) is 0 Å². The van der Waals surface area contributed by atoms with Gasteiger partial charge in [-0.1, -0.05) is 0 Å². The molecule has 90 valence electrons. The predicted molar refractivity (Wildman–Crippen MR) is 66.6 cm³/mol. The molecular weight excluding hydrogens is 222 g/mol. The van der Waals surface area contributed by atoms with Gasteiger partial charge in [0.15, 0.2) is 0 Å². The van der Waals surface area contributed by atoms with Gasteiger partial charge in [0.2, 0.25) is 0 Å². The molecule has 0 saturated carbocycles.